The molecule has 2 heterocycles. The molecule has 0 saturated carbocycles. The summed E-state index contributed by atoms with van der Waals surface area (Å²) in [5, 5.41) is 6.91. The SMILES string of the molecule is COC(=O)c1ccoc1CSc1ccccc1C(=O)Nc1ccn(C)n1. The van der Waals surface area contributed by atoms with Gasteiger partial charge in [0.05, 0.1) is 24.7 Å². The van der Waals surface area contributed by atoms with Crippen molar-refractivity contribution >= 4 is 29.5 Å². The van der Waals surface area contributed by atoms with Crippen LogP contribution in [0.5, 0.6) is 0 Å². The summed E-state index contributed by atoms with van der Waals surface area (Å²) in [4.78, 5) is 25.0. The van der Waals surface area contributed by atoms with Gasteiger partial charge in [0.25, 0.3) is 5.91 Å². The Bertz CT molecular complexity index is 932. The van der Waals surface area contributed by atoms with Crippen molar-refractivity contribution in [3.05, 3.63) is 65.7 Å². The second-order valence-corrected chi connectivity index (χ2v) is 6.38. The topological polar surface area (TPSA) is 86.4 Å². The standard InChI is InChI=1S/C18H17N3O4S/c1-21-9-7-16(20-21)19-17(22)13-5-3-4-6-15(13)26-11-14-12(8-10-25-14)18(23)24-2/h3-10H,11H2,1-2H3,(H,19,20,22). The van der Waals surface area contributed by atoms with Gasteiger partial charge < -0.3 is 14.5 Å². The molecule has 0 radical (unpaired) electrons. The molecular weight excluding hydrogens is 354 g/mol. The second kappa shape index (κ2) is 7.92. The fraction of sp³-hybridized carbons (Fsp3) is 0.167. The van der Waals surface area contributed by atoms with Crippen LogP contribution >= 0.6 is 11.8 Å². The van der Waals surface area contributed by atoms with Crippen LogP contribution in [-0.4, -0.2) is 28.8 Å². The molecule has 0 aliphatic carbocycles. The molecule has 0 saturated heterocycles. The number of anilines is 1. The van der Waals surface area contributed by atoms with E-state index in [0.717, 1.165) is 4.90 Å². The Labute approximate surface area is 154 Å². The highest BCUT2D eigenvalue weighted by atomic mass is 32.2. The van der Waals surface area contributed by atoms with Crippen LogP contribution in [0.3, 0.4) is 0 Å². The van der Waals surface area contributed by atoms with Crippen molar-refractivity contribution in [2.45, 2.75) is 10.6 Å². The summed E-state index contributed by atoms with van der Waals surface area (Å²) in [6.45, 7) is 0. The van der Waals surface area contributed by atoms with Crippen LogP contribution in [0.25, 0.3) is 0 Å². The Balaban J connectivity index is 1.74. The van der Waals surface area contributed by atoms with Crippen molar-refractivity contribution in [2.75, 3.05) is 12.4 Å². The maximum absolute atomic E-state index is 12.6. The van der Waals surface area contributed by atoms with E-state index in [1.165, 1.54) is 25.1 Å². The Kier molecular flexibility index (Phi) is 5.43. The van der Waals surface area contributed by atoms with E-state index in [2.05, 4.69) is 10.4 Å². The molecule has 0 aliphatic rings. The monoisotopic (exact) mass is 371 g/mol. The summed E-state index contributed by atoms with van der Waals surface area (Å²) >= 11 is 1.40. The lowest BCUT2D eigenvalue weighted by Crippen LogP contribution is -2.13. The molecule has 2 aromatic heterocycles. The molecule has 0 unspecified atom stereocenters. The molecule has 1 aromatic carbocycles. The van der Waals surface area contributed by atoms with Crippen LogP contribution < -0.4 is 5.32 Å². The number of carbonyl (C=O) groups is 2. The number of hydrogen-bond donors (Lipinski definition) is 1. The molecule has 26 heavy (non-hydrogen) atoms. The van der Waals surface area contributed by atoms with Crippen LogP contribution in [0.2, 0.25) is 0 Å². The first-order valence-corrected chi connectivity index (χ1v) is 8.74. The molecule has 0 spiro atoms. The maximum Gasteiger partial charge on any atom is 0.341 e. The highest BCUT2D eigenvalue weighted by Gasteiger charge is 2.17. The van der Waals surface area contributed by atoms with Gasteiger partial charge in [-0.05, 0) is 18.2 Å². The van der Waals surface area contributed by atoms with Gasteiger partial charge in [0.15, 0.2) is 5.82 Å². The smallest absolute Gasteiger partial charge is 0.341 e. The number of esters is 1. The minimum absolute atomic E-state index is 0.251. The van der Waals surface area contributed by atoms with Crippen LogP contribution in [0, 0.1) is 0 Å². The van der Waals surface area contributed by atoms with E-state index in [1.807, 2.05) is 12.1 Å². The van der Waals surface area contributed by atoms with Crippen molar-refractivity contribution in [2.24, 2.45) is 7.05 Å². The molecule has 3 aromatic rings. The van der Waals surface area contributed by atoms with Crippen LogP contribution in [-0.2, 0) is 17.5 Å². The molecule has 0 bridgehead atoms. The third kappa shape index (κ3) is 3.97. The highest BCUT2D eigenvalue weighted by Crippen LogP contribution is 2.28. The summed E-state index contributed by atoms with van der Waals surface area (Å²) in [6, 6.07) is 10.5. The molecule has 7 nitrogen and oxygen atoms in total. The Morgan fingerprint density at radius 1 is 1.23 bits per heavy atom. The molecule has 0 fully saturated rings. The molecular formula is C18H17N3O4S. The summed E-state index contributed by atoms with van der Waals surface area (Å²) in [5.74, 6) is 0.679. The van der Waals surface area contributed by atoms with Gasteiger partial charge in [0, 0.05) is 24.2 Å². The first-order valence-electron chi connectivity index (χ1n) is 7.76. The van der Waals surface area contributed by atoms with E-state index in [4.69, 9.17) is 9.15 Å². The highest BCUT2D eigenvalue weighted by molar-refractivity contribution is 7.98. The predicted octanol–water partition coefficient (Wildman–Crippen LogP) is 3.34. The zero-order valence-electron chi connectivity index (χ0n) is 14.3. The number of benzene rings is 1. The average molecular weight is 371 g/mol. The Hall–Kier alpha value is -3.00. The minimum Gasteiger partial charge on any atom is -0.468 e. The van der Waals surface area contributed by atoms with E-state index in [0.29, 0.717) is 28.5 Å². The number of amides is 1. The fourth-order valence-corrected chi connectivity index (χ4v) is 3.33. The van der Waals surface area contributed by atoms with Gasteiger partial charge in [0.1, 0.15) is 11.3 Å². The van der Waals surface area contributed by atoms with Crippen molar-refractivity contribution in [1.82, 2.24) is 9.78 Å². The first kappa shape index (κ1) is 17.8. The molecule has 1 N–H and O–H groups in total. The first-order chi connectivity index (χ1) is 12.6. The van der Waals surface area contributed by atoms with Crippen molar-refractivity contribution in [3.8, 4) is 0 Å². The predicted molar refractivity (Wildman–Crippen MR) is 97.2 cm³/mol. The van der Waals surface area contributed by atoms with Crippen LogP contribution in [0.1, 0.15) is 26.5 Å². The zero-order valence-corrected chi connectivity index (χ0v) is 15.1. The largest absolute Gasteiger partial charge is 0.468 e. The number of ether oxygens (including phenoxy) is 1. The second-order valence-electron chi connectivity index (χ2n) is 5.36. The van der Waals surface area contributed by atoms with Crippen LogP contribution in [0.15, 0.2) is 58.2 Å². The number of rotatable bonds is 6. The number of thioether (sulfide) groups is 1. The zero-order chi connectivity index (χ0) is 18.5. The van der Waals surface area contributed by atoms with E-state index in [9.17, 15) is 9.59 Å². The van der Waals surface area contributed by atoms with Crippen LogP contribution in [0.4, 0.5) is 5.82 Å². The quantitative estimate of drug-likeness (QED) is 0.528. The summed E-state index contributed by atoms with van der Waals surface area (Å²) in [6.07, 6.45) is 3.20. The maximum atomic E-state index is 12.6. The third-order valence-electron chi connectivity index (χ3n) is 3.60. The van der Waals surface area contributed by atoms with Gasteiger partial charge in [-0.3, -0.25) is 9.48 Å². The van der Waals surface area contributed by atoms with E-state index >= 15 is 0 Å². The summed E-state index contributed by atoms with van der Waals surface area (Å²) in [7, 11) is 3.10. The normalized spacial score (nSPS) is 10.5. The van der Waals surface area contributed by atoms with Crippen molar-refractivity contribution in [3.63, 3.8) is 0 Å². The van der Waals surface area contributed by atoms with Gasteiger partial charge in [-0.2, -0.15) is 5.10 Å². The van der Waals surface area contributed by atoms with Gasteiger partial charge >= 0.3 is 5.97 Å². The molecule has 1 amide bonds. The lowest BCUT2D eigenvalue weighted by Gasteiger charge is -2.08. The molecule has 0 atom stereocenters. The van der Waals surface area contributed by atoms with Crippen molar-refractivity contribution in [1.29, 1.82) is 0 Å². The Morgan fingerprint density at radius 2 is 2.04 bits per heavy atom. The third-order valence-corrected chi connectivity index (χ3v) is 4.67. The molecule has 134 valence electrons. The number of nitrogens with zero attached hydrogens (tertiary/aromatic N) is 2. The lowest BCUT2D eigenvalue weighted by molar-refractivity contribution is 0.0598. The Morgan fingerprint density at radius 3 is 2.77 bits per heavy atom. The number of carbonyl (C=O) groups excluding carboxylic acids is 2. The lowest BCUT2D eigenvalue weighted by atomic mass is 10.2. The molecule has 0 aliphatic heterocycles. The van der Waals surface area contributed by atoms with Gasteiger partial charge in [0.2, 0.25) is 0 Å². The number of furan rings is 1. The summed E-state index contributed by atoms with van der Waals surface area (Å²) < 4.78 is 11.7. The summed E-state index contributed by atoms with van der Waals surface area (Å²) in [5.41, 5.74) is 0.907. The van der Waals surface area contributed by atoms with Crippen molar-refractivity contribution < 1.29 is 18.7 Å². The van der Waals surface area contributed by atoms with E-state index in [1.54, 1.807) is 42.2 Å². The number of aryl methyl sites for hydroxylation is 1. The van der Waals surface area contributed by atoms with Gasteiger partial charge in [-0.25, -0.2) is 4.79 Å². The number of nitrogens with one attached hydrogen (secondary N) is 1. The van der Waals surface area contributed by atoms with Gasteiger partial charge in [-0.1, -0.05) is 12.1 Å². The number of aromatic nitrogens is 2. The fourth-order valence-electron chi connectivity index (χ4n) is 2.33. The number of hydrogen-bond acceptors (Lipinski definition) is 6. The molecule has 3 rings (SSSR count). The van der Waals surface area contributed by atoms with E-state index in [-0.39, 0.29) is 5.91 Å². The van der Waals surface area contributed by atoms with Gasteiger partial charge in [-0.15, -0.1) is 11.8 Å². The molecule has 8 heteroatoms. The van der Waals surface area contributed by atoms with E-state index < -0.39 is 5.97 Å². The average Bonchev–Trinajstić information content (AvgIpc) is 3.28. The minimum atomic E-state index is -0.449. The number of methoxy groups -OCH3 is 1.